The summed E-state index contributed by atoms with van der Waals surface area (Å²) in [5.41, 5.74) is 9.32. The number of ether oxygens (including phenoxy) is 1. The third-order valence-electron chi connectivity index (χ3n) is 10.4. The van der Waals surface area contributed by atoms with E-state index < -0.39 is 6.09 Å². The molecule has 260 valence electrons. The molecule has 1 N–H and O–H groups in total. The average Bonchev–Trinajstić information content (AvgIpc) is 3.45. The van der Waals surface area contributed by atoms with Crippen LogP contribution < -0.4 is 9.64 Å². The summed E-state index contributed by atoms with van der Waals surface area (Å²) in [6.45, 7) is 5.53. The van der Waals surface area contributed by atoms with Gasteiger partial charge >= 0.3 is 6.09 Å². The van der Waals surface area contributed by atoms with Crippen molar-refractivity contribution in [2.75, 3.05) is 18.5 Å². The second-order valence-electron chi connectivity index (χ2n) is 13.6. The van der Waals surface area contributed by atoms with Crippen molar-refractivity contribution >= 4 is 23.6 Å². The normalized spacial score (nSPS) is 15.2. The molecule has 0 radical (unpaired) electrons. The predicted octanol–water partition coefficient (Wildman–Crippen LogP) is 7.48. The molecule has 7 rings (SSSR count). The summed E-state index contributed by atoms with van der Waals surface area (Å²) in [4.78, 5) is 45.5. The Balaban J connectivity index is 1.20. The first-order valence-corrected chi connectivity index (χ1v) is 17.3. The lowest BCUT2D eigenvalue weighted by Gasteiger charge is -2.36. The lowest BCUT2D eigenvalue weighted by molar-refractivity contribution is 0.0658. The highest BCUT2D eigenvalue weighted by Gasteiger charge is 2.32. The summed E-state index contributed by atoms with van der Waals surface area (Å²) < 4.78 is 7.92. The van der Waals surface area contributed by atoms with Gasteiger partial charge in [-0.1, -0.05) is 54.6 Å². The molecule has 4 aromatic carbocycles. The van der Waals surface area contributed by atoms with Gasteiger partial charge in [0.2, 0.25) is 0 Å². The van der Waals surface area contributed by atoms with Crippen molar-refractivity contribution in [3.8, 4) is 17.0 Å². The molecular formula is C42H42N4O5. The Kier molecular flexibility index (Phi) is 9.12. The maximum absolute atomic E-state index is 14.6. The van der Waals surface area contributed by atoms with E-state index in [9.17, 15) is 19.5 Å². The standard InChI is InChI=1S/C42H42N4O5/c1-27-20-30-12-8-9-13-32(30)25-46(27)41(48)38-22-33-24-45(42(49)50)19-18-31(33)21-37(38)39-23-36(28(2)43(39)3)40(47)44(4)34-14-16-35(17-15-34)51-26-29-10-6-5-7-11-29/h5-17,21-23,27H,18-20,24-26H2,1-4H3,(H,49,50)/t27-/m1/s1. The lowest BCUT2D eigenvalue weighted by Crippen LogP contribution is -2.43. The number of carboxylic acid groups (broad SMARTS) is 1. The van der Waals surface area contributed by atoms with Crippen molar-refractivity contribution in [2.24, 2.45) is 7.05 Å². The molecule has 2 aliphatic heterocycles. The molecule has 9 nitrogen and oxygen atoms in total. The SMILES string of the molecule is Cc1c(C(=O)N(C)c2ccc(OCc3ccccc3)cc2)cc(-c2cc3c(cc2C(=O)N2Cc4ccccc4C[C@H]2C)CN(C(=O)O)CC3)n1C. The summed E-state index contributed by atoms with van der Waals surface area (Å²) in [5, 5.41) is 9.74. The van der Waals surface area contributed by atoms with E-state index >= 15 is 0 Å². The minimum Gasteiger partial charge on any atom is -0.489 e. The number of carbonyl (C=O) groups is 3. The second kappa shape index (κ2) is 13.8. The fourth-order valence-corrected chi connectivity index (χ4v) is 7.25. The number of carbonyl (C=O) groups excluding carboxylic acids is 2. The van der Waals surface area contributed by atoms with Gasteiger partial charge in [-0.25, -0.2) is 4.79 Å². The van der Waals surface area contributed by atoms with E-state index in [2.05, 4.69) is 19.1 Å². The van der Waals surface area contributed by atoms with Crippen LogP contribution in [0.4, 0.5) is 10.5 Å². The number of nitrogens with zero attached hydrogens (tertiary/aromatic N) is 4. The molecule has 0 unspecified atom stereocenters. The zero-order chi connectivity index (χ0) is 35.8. The minimum atomic E-state index is -0.974. The van der Waals surface area contributed by atoms with Crippen LogP contribution in [0.15, 0.2) is 97.1 Å². The number of benzene rings is 4. The number of hydrogen-bond acceptors (Lipinski definition) is 4. The summed E-state index contributed by atoms with van der Waals surface area (Å²) in [6, 6.07) is 31.4. The number of amides is 3. The van der Waals surface area contributed by atoms with Crippen LogP contribution in [0.25, 0.3) is 11.3 Å². The van der Waals surface area contributed by atoms with Crippen molar-refractivity contribution in [2.45, 2.75) is 52.4 Å². The third-order valence-corrected chi connectivity index (χ3v) is 10.4. The van der Waals surface area contributed by atoms with Crippen LogP contribution in [0.3, 0.4) is 0 Å². The Morgan fingerprint density at radius 3 is 2.27 bits per heavy atom. The van der Waals surface area contributed by atoms with E-state index in [0.717, 1.165) is 51.3 Å². The maximum Gasteiger partial charge on any atom is 0.407 e. The highest BCUT2D eigenvalue weighted by molar-refractivity contribution is 6.08. The van der Waals surface area contributed by atoms with Gasteiger partial charge in [-0.3, -0.25) is 9.59 Å². The van der Waals surface area contributed by atoms with Crippen molar-refractivity contribution in [1.29, 1.82) is 0 Å². The van der Waals surface area contributed by atoms with E-state index in [4.69, 9.17) is 4.74 Å². The molecule has 51 heavy (non-hydrogen) atoms. The van der Waals surface area contributed by atoms with Gasteiger partial charge in [-0.2, -0.15) is 0 Å². The largest absolute Gasteiger partial charge is 0.489 e. The van der Waals surface area contributed by atoms with Gasteiger partial charge in [0.25, 0.3) is 11.8 Å². The first-order valence-electron chi connectivity index (χ1n) is 17.3. The van der Waals surface area contributed by atoms with Crippen LogP contribution in [-0.2, 0) is 39.6 Å². The van der Waals surface area contributed by atoms with E-state index in [1.807, 2.05) is 108 Å². The summed E-state index contributed by atoms with van der Waals surface area (Å²) >= 11 is 0. The number of hydrogen-bond donors (Lipinski definition) is 1. The number of fused-ring (bicyclic) bond motifs is 2. The molecule has 0 spiro atoms. The van der Waals surface area contributed by atoms with Gasteiger partial charge < -0.3 is 29.1 Å². The molecule has 2 aliphatic rings. The van der Waals surface area contributed by atoms with Crippen LogP contribution in [0.2, 0.25) is 0 Å². The molecule has 5 aromatic rings. The Morgan fingerprint density at radius 1 is 0.843 bits per heavy atom. The highest BCUT2D eigenvalue weighted by Crippen LogP contribution is 2.36. The summed E-state index contributed by atoms with van der Waals surface area (Å²) in [7, 11) is 3.67. The van der Waals surface area contributed by atoms with Crippen molar-refractivity contribution in [3.63, 3.8) is 0 Å². The van der Waals surface area contributed by atoms with Crippen LogP contribution in [0.5, 0.6) is 5.75 Å². The van der Waals surface area contributed by atoms with Crippen molar-refractivity contribution in [1.82, 2.24) is 14.4 Å². The van der Waals surface area contributed by atoms with Gasteiger partial charge in [0.05, 0.1) is 5.56 Å². The summed E-state index contributed by atoms with van der Waals surface area (Å²) in [5.74, 6) is 0.432. The third kappa shape index (κ3) is 6.59. The molecule has 9 heteroatoms. The molecule has 0 saturated heterocycles. The first-order chi connectivity index (χ1) is 24.6. The summed E-state index contributed by atoms with van der Waals surface area (Å²) in [6.07, 6.45) is 0.321. The molecule has 3 heterocycles. The molecule has 0 bridgehead atoms. The average molecular weight is 683 g/mol. The van der Waals surface area contributed by atoms with Crippen LogP contribution >= 0.6 is 0 Å². The first kappa shape index (κ1) is 33.7. The van der Waals surface area contributed by atoms with Gasteiger partial charge in [-0.15, -0.1) is 0 Å². The maximum atomic E-state index is 14.6. The van der Waals surface area contributed by atoms with Gasteiger partial charge in [-0.05, 0) is 97.0 Å². The van der Waals surface area contributed by atoms with Gasteiger partial charge in [0.15, 0.2) is 0 Å². The van der Waals surface area contributed by atoms with Gasteiger partial charge in [0, 0.05) is 68.0 Å². The Hall–Kier alpha value is -5.83. The molecule has 0 fully saturated rings. The van der Waals surface area contributed by atoms with Crippen LogP contribution in [0.1, 0.15) is 61.2 Å². The Labute approximate surface area is 298 Å². The molecule has 3 amide bonds. The molecule has 0 aliphatic carbocycles. The quantitative estimate of drug-likeness (QED) is 0.192. The zero-order valence-corrected chi connectivity index (χ0v) is 29.4. The number of aromatic nitrogens is 1. The van der Waals surface area contributed by atoms with Crippen molar-refractivity contribution in [3.05, 3.63) is 142 Å². The van der Waals surface area contributed by atoms with E-state index in [1.165, 1.54) is 10.5 Å². The topological polar surface area (TPSA) is 95.3 Å². The molecular weight excluding hydrogens is 640 g/mol. The minimum absolute atomic E-state index is 0.0251. The molecule has 0 saturated carbocycles. The monoisotopic (exact) mass is 682 g/mol. The fourth-order valence-electron chi connectivity index (χ4n) is 7.25. The second-order valence-corrected chi connectivity index (χ2v) is 13.6. The molecule has 1 aromatic heterocycles. The van der Waals surface area contributed by atoms with Crippen LogP contribution in [-0.4, -0.2) is 57.0 Å². The fraction of sp³-hybridized carbons (Fsp3) is 0.262. The lowest BCUT2D eigenvalue weighted by atomic mass is 9.90. The number of anilines is 1. The Morgan fingerprint density at radius 2 is 1.55 bits per heavy atom. The Bertz CT molecular complexity index is 2120. The van der Waals surface area contributed by atoms with E-state index in [0.29, 0.717) is 43.0 Å². The van der Waals surface area contributed by atoms with E-state index in [-0.39, 0.29) is 24.4 Å². The van der Waals surface area contributed by atoms with E-state index in [1.54, 1.807) is 11.9 Å². The highest BCUT2D eigenvalue weighted by atomic mass is 16.5. The number of rotatable bonds is 7. The zero-order valence-electron chi connectivity index (χ0n) is 29.4. The van der Waals surface area contributed by atoms with Crippen molar-refractivity contribution < 1.29 is 24.2 Å². The predicted molar refractivity (Wildman–Crippen MR) is 197 cm³/mol. The van der Waals surface area contributed by atoms with Gasteiger partial charge in [0.1, 0.15) is 12.4 Å². The molecule has 1 atom stereocenters. The smallest absolute Gasteiger partial charge is 0.407 e. The van der Waals surface area contributed by atoms with Crippen LogP contribution in [0, 0.1) is 6.92 Å².